The maximum atomic E-state index is 11.3. The van der Waals surface area contributed by atoms with Gasteiger partial charge in [0.05, 0.1) is 5.69 Å². The summed E-state index contributed by atoms with van der Waals surface area (Å²) in [5.41, 5.74) is 2.57. The van der Waals surface area contributed by atoms with Crippen molar-refractivity contribution in [2.45, 2.75) is 12.8 Å². The van der Waals surface area contributed by atoms with Crippen molar-refractivity contribution in [3.05, 3.63) is 52.4 Å². The largest absolute Gasteiger partial charge is 0.423 e. The fourth-order valence-electron chi connectivity index (χ4n) is 2.65. The molecule has 1 aliphatic heterocycles. The van der Waals surface area contributed by atoms with Crippen LogP contribution in [0.1, 0.15) is 12.0 Å². The number of fused-ring (bicyclic) bond motifs is 4. The van der Waals surface area contributed by atoms with Crippen LogP contribution < -0.4 is 5.63 Å². The van der Waals surface area contributed by atoms with Crippen molar-refractivity contribution in [2.75, 3.05) is 0 Å². The van der Waals surface area contributed by atoms with Gasteiger partial charge in [0.2, 0.25) is 0 Å². The number of aliphatic imine (C=N–C) groups is 1. The van der Waals surface area contributed by atoms with Gasteiger partial charge in [-0.25, -0.2) is 4.79 Å². The maximum absolute atomic E-state index is 11.3. The second kappa shape index (κ2) is 3.79. The van der Waals surface area contributed by atoms with Gasteiger partial charge in [0, 0.05) is 23.1 Å². The maximum Gasteiger partial charge on any atom is 0.336 e. The monoisotopic (exact) mass is 249 g/mol. The Kier molecular flexibility index (Phi) is 2.09. The molecule has 2 aromatic carbocycles. The predicted molar refractivity (Wildman–Crippen MR) is 76.5 cm³/mol. The lowest BCUT2D eigenvalue weighted by Gasteiger charge is -2.12. The molecule has 1 aromatic heterocycles. The van der Waals surface area contributed by atoms with E-state index in [-0.39, 0.29) is 5.63 Å². The van der Waals surface area contributed by atoms with Gasteiger partial charge in [0.25, 0.3) is 0 Å². The van der Waals surface area contributed by atoms with Crippen molar-refractivity contribution < 1.29 is 4.42 Å². The first-order chi connectivity index (χ1) is 9.31. The zero-order chi connectivity index (χ0) is 12.8. The molecule has 0 radical (unpaired) electrons. The van der Waals surface area contributed by atoms with E-state index < -0.39 is 0 Å². The Morgan fingerprint density at radius 2 is 1.95 bits per heavy atom. The summed E-state index contributed by atoms with van der Waals surface area (Å²) in [6.07, 6.45) is 3.96. The fraction of sp³-hybridized carbons (Fsp3) is 0.125. The Morgan fingerprint density at radius 1 is 1.05 bits per heavy atom. The molecule has 0 bridgehead atoms. The molecule has 3 heteroatoms. The zero-order valence-electron chi connectivity index (χ0n) is 10.2. The molecule has 1 aliphatic rings. The number of hydrogen-bond acceptors (Lipinski definition) is 3. The summed E-state index contributed by atoms with van der Waals surface area (Å²) < 4.78 is 5.25. The second-order valence-electron chi connectivity index (χ2n) is 4.79. The first kappa shape index (κ1) is 10.5. The van der Waals surface area contributed by atoms with E-state index in [0.29, 0.717) is 5.58 Å². The van der Waals surface area contributed by atoms with Crippen molar-refractivity contribution in [2.24, 2.45) is 4.99 Å². The highest BCUT2D eigenvalue weighted by Gasteiger charge is 2.11. The molecule has 2 heterocycles. The molecule has 19 heavy (non-hydrogen) atoms. The summed E-state index contributed by atoms with van der Waals surface area (Å²) in [6.45, 7) is 0. The first-order valence-electron chi connectivity index (χ1n) is 6.33. The van der Waals surface area contributed by atoms with E-state index in [2.05, 4.69) is 17.1 Å². The molecular weight excluding hydrogens is 238 g/mol. The third-order valence-electron chi connectivity index (χ3n) is 3.58. The molecule has 0 atom stereocenters. The summed E-state index contributed by atoms with van der Waals surface area (Å²) >= 11 is 0. The van der Waals surface area contributed by atoms with Gasteiger partial charge < -0.3 is 4.42 Å². The Bertz CT molecular complexity index is 890. The lowest BCUT2D eigenvalue weighted by molar-refractivity contribution is 0.561. The van der Waals surface area contributed by atoms with Crippen LogP contribution in [0.3, 0.4) is 0 Å². The number of rotatable bonds is 0. The van der Waals surface area contributed by atoms with Gasteiger partial charge in [-0.3, -0.25) is 4.99 Å². The average Bonchev–Trinajstić information content (AvgIpc) is 2.45. The van der Waals surface area contributed by atoms with Gasteiger partial charge in [-0.1, -0.05) is 12.1 Å². The molecule has 4 rings (SSSR count). The molecule has 0 unspecified atom stereocenters. The SMILES string of the molecule is O=c1ccc2cc3ccc4c(c3cc2o1)N=CCC4. The lowest BCUT2D eigenvalue weighted by Crippen LogP contribution is -1.96. The molecule has 0 fully saturated rings. The Hall–Kier alpha value is -2.42. The quantitative estimate of drug-likeness (QED) is 0.451. The minimum Gasteiger partial charge on any atom is -0.423 e. The molecule has 0 spiro atoms. The average molecular weight is 249 g/mol. The molecule has 3 aromatic rings. The number of hydrogen-bond donors (Lipinski definition) is 0. The Balaban J connectivity index is 2.17. The number of benzene rings is 2. The summed E-state index contributed by atoms with van der Waals surface area (Å²) in [5.74, 6) is 0. The molecule has 0 saturated carbocycles. The Morgan fingerprint density at radius 3 is 2.89 bits per heavy atom. The van der Waals surface area contributed by atoms with E-state index >= 15 is 0 Å². The van der Waals surface area contributed by atoms with E-state index in [1.165, 1.54) is 11.6 Å². The molecule has 0 saturated heterocycles. The van der Waals surface area contributed by atoms with Crippen LogP contribution in [0.15, 0.2) is 50.6 Å². The molecule has 0 N–H and O–H groups in total. The van der Waals surface area contributed by atoms with E-state index in [1.807, 2.05) is 18.3 Å². The molecule has 92 valence electrons. The van der Waals surface area contributed by atoms with Crippen LogP contribution in [0.2, 0.25) is 0 Å². The highest BCUT2D eigenvalue weighted by molar-refractivity contribution is 6.03. The van der Waals surface area contributed by atoms with E-state index in [0.717, 1.165) is 34.7 Å². The lowest BCUT2D eigenvalue weighted by atomic mass is 9.98. The minimum absolute atomic E-state index is 0.319. The smallest absolute Gasteiger partial charge is 0.336 e. The zero-order valence-corrected chi connectivity index (χ0v) is 10.2. The van der Waals surface area contributed by atoms with Gasteiger partial charge in [-0.15, -0.1) is 0 Å². The van der Waals surface area contributed by atoms with Crippen molar-refractivity contribution in [3.63, 3.8) is 0 Å². The summed E-state index contributed by atoms with van der Waals surface area (Å²) in [6, 6.07) is 11.5. The van der Waals surface area contributed by atoms with Crippen LogP contribution in [0.4, 0.5) is 5.69 Å². The summed E-state index contributed by atoms with van der Waals surface area (Å²) in [5, 5.41) is 3.11. The van der Waals surface area contributed by atoms with Gasteiger partial charge in [0.15, 0.2) is 0 Å². The van der Waals surface area contributed by atoms with Crippen LogP contribution in [0.5, 0.6) is 0 Å². The molecule has 0 aliphatic carbocycles. The summed E-state index contributed by atoms with van der Waals surface area (Å²) in [4.78, 5) is 15.8. The standard InChI is InChI=1S/C16H11NO2/c18-15-6-5-12-8-11-4-3-10-2-1-7-17-16(10)13(11)9-14(12)19-15/h3-9H,1-2H2. The normalized spacial score (nSPS) is 13.9. The number of aryl methyl sites for hydroxylation is 1. The van der Waals surface area contributed by atoms with Gasteiger partial charge in [-0.05, 0) is 42.0 Å². The van der Waals surface area contributed by atoms with Gasteiger partial charge in [0.1, 0.15) is 5.58 Å². The first-order valence-corrected chi connectivity index (χ1v) is 6.33. The van der Waals surface area contributed by atoms with E-state index in [1.54, 1.807) is 6.07 Å². The minimum atomic E-state index is -0.319. The van der Waals surface area contributed by atoms with Crippen LogP contribution in [-0.4, -0.2) is 6.21 Å². The fourth-order valence-corrected chi connectivity index (χ4v) is 2.65. The Labute approximate surface area is 109 Å². The predicted octanol–water partition coefficient (Wildman–Crippen LogP) is 3.59. The highest BCUT2D eigenvalue weighted by Crippen LogP contribution is 2.34. The number of nitrogens with zero attached hydrogens (tertiary/aromatic N) is 1. The van der Waals surface area contributed by atoms with Gasteiger partial charge >= 0.3 is 5.63 Å². The second-order valence-corrected chi connectivity index (χ2v) is 4.79. The van der Waals surface area contributed by atoms with Crippen molar-refractivity contribution in [1.29, 1.82) is 0 Å². The third-order valence-corrected chi connectivity index (χ3v) is 3.58. The molecule has 3 nitrogen and oxygen atoms in total. The topological polar surface area (TPSA) is 42.6 Å². The van der Waals surface area contributed by atoms with E-state index in [9.17, 15) is 4.79 Å². The van der Waals surface area contributed by atoms with Gasteiger partial charge in [-0.2, -0.15) is 0 Å². The third kappa shape index (κ3) is 1.58. The van der Waals surface area contributed by atoms with Crippen molar-refractivity contribution in [3.8, 4) is 0 Å². The van der Waals surface area contributed by atoms with Crippen LogP contribution in [0, 0.1) is 0 Å². The molecule has 0 amide bonds. The van der Waals surface area contributed by atoms with Crippen LogP contribution >= 0.6 is 0 Å². The van der Waals surface area contributed by atoms with Crippen LogP contribution in [0.25, 0.3) is 21.7 Å². The van der Waals surface area contributed by atoms with E-state index in [4.69, 9.17) is 4.42 Å². The highest BCUT2D eigenvalue weighted by atomic mass is 16.4. The van der Waals surface area contributed by atoms with Crippen molar-refractivity contribution >= 4 is 33.6 Å². The van der Waals surface area contributed by atoms with Crippen molar-refractivity contribution in [1.82, 2.24) is 0 Å². The summed E-state index contributed by atoms with van der Waals surface area (Å²) in [7, 11) is 0. The molecular formula is C16H11NO2. The van der Waals surface area contributed by atoms with Crippen LogP contribution in [-0.2, 0) is 6.42 Å².